The number of amides is 2. The van der Waals surface area contributed by atoms with Crippen molar-refractivity contribution in [2.45, 2.75) is 50.6 Å². The minimum Gasteiger partial charge on any atom is -0.497 e. The highest BCUT2D eigenvalue weighted by Crippen LogP contribution is 2.33. The number of hydrogen-bond donors (Lipinski definition) is 1. The van der Waals surface area contributed by atoms with Crippen LogP contribution in [0.1, 0.15) is 38.7 Å². The number of nitrogens with zero attached hydrogens (tertiary/aromatic N) is 2. The Bertz CT molecular complexity index is 1450. The van der Waals surface area contributed by atoms with E-state index in [1.807, 2.05) is 13.8 Å². The average molecular weight is 616 g/mol. The number of methoxy groups -OCH3 is 2. The van der Waals surface area contributed by atoms with Crippen molar-refractivity contribution in [3.05, 3.63) is 83.4 Å². The van der Waals surface area contributed by atoms with Gasteiger partial charge < -0.3 is 19.7 Å². The first-order valence-corrected chi connectivity index (χ1v) is 15.6. The van der Waals surface area contributed by atoms with Crippen LogP contribution in [0.25, 0.3) is 0 Å². The molecular formula is C31H38ClN3O6S. The molecule has 3 aromatic rings. The summed E-state index contributed by atoms with van der Waals surface area (Å²) < 4.78 is 39.8. The molecule has 0 heterocycles. The molecule has 0 spiro atoms. The average Bonchev–Trinajstić information content (AvgIpc) is 3.00. The minimum atomic E-state index is -4.27. The van der Waals surface area contributed by atoms with Crippen LogP contribution in [0.3, 0.4) is 0 Å². The quantitative estimate of drug-likeness (QED) is 0.233. The molecule has 0 fully saturated rings. The third-order valence-electron chi connectivity index (χ3n) is 6.79. The summed E-state index contributed by atoms with van der Waals surface area (Å²) in [7, 11) is -1.36. The third kappa shape index (κ3) is 7.95. The Balaban J connectivity index is 2.08. The molecule has 2 amide bonds. The summed E-state index contributed by atoms with van der Waals surface area (Å²) in [5.41, 5.74) is 0.816. The Hall–Kier alpha value is -3.76. The van der Waals surface area contributed by atoms with E-state index in [1.165, 1.54) is 43.4 Å². The molecule has 1 N–H and O–H groups in total. The highest BCUT2D eigenvalue weighted by Gasteiger charge is 2.35. The van der Waals surface area contributed by atoms with E-state index in [0.29, 0.717) is 29.3 Å². The maximum atomic E-state index is 14.2. The van der Waals surface area contributed by atoms with E-state index >= 15 is 0 Å². The predicted octanol–water partition coefficient (Wildman–Crippen LogP) is 5.28. The molecule has 0 bridgehead atoms. The van der Waals surface area contributed by atoms with Crippen LogP contribution in [-0.2, 0) is 26.2 Å². The van der Waals surface area contributed by atoms with E-state index in [0.717, 1.165) is 17.1 Å². The first-order chi connectivity index (χ1) is 20.2. The number of unbranched alkanes of at least 4 members (excludes halogenated alkanes) is 1. The lowest BCUT2D eigenvalue weighted by molar-refractivity contribution is -0.140. The van der Waals surface area contributed by atoms with Crippen molar-refractivity contribution in [3.8, 4) is 11.5 Å². The summed E-state index contributed by atoms with van der Waals surface area (Å²) in [4.78, 5) is 28.9. The van der Waals surface area contributed by atoms with Gasteiger partial charge in [-0.15, -0.1) is 0 Å². The van der Waals surface area contributed by atoms with E-state index < -0.39 is 28.5 Å². The van der Waals surface area contributed by atoms with Crippen molar-refractivity contribution < 1.29 is 27.5 Å². The topological polar surface area (TPSA) is 105 Å². The van der Waals surface area contributed by atoms with Crippen LogP contribution in [0.4, 0.5) is 5.69 Å². The van der Waals surface area contributed by atoms with E-state index in [-0.39, 0.29) is 28.8 Å². The molecule has 226 valence electrons. The molecule has 0 aromatic heterocycles. The number of anilines is 1. The number of benzene rings is 3. The molecule has 1 atom stereocenters. The zero-order valence-corrected chi connectivity index (χ0v) is 26.0. The smallest absolute Gasteiger partial charge is 0.264 e. The van der Waals surface area contributed by atoms with Gasteiger partial charge in [-0.05, 0) is 60.9 Å². The Kier molecular flexibility index (Phi) is 12.1. The van der Waals surface area contributed by atoms with Crippen LogP contribution < -0.4 is 19.1 Å². The second kappa shape index (κ2) is 15.5. The maximum absolute atomic E-state index is 14.2. The van der Waals surface area contributed by atoms with Gasteiger partial charge >= 0.3 is 0 Å². The molecule has 0 radical (unpaired) electrons. The van der Waals surface area contributed by atoms with Gasteiger partial charge in [-0.1, -0.05) is 62.2 Å². The van der Waals surface area contributed by atoms with Gasteiger partial charge in [0.05, 0.1) is 24.8 Å². The van der Waals surface area contributed by atoms with E-state index in [4.69, 9.17) is 21.1 Å². The summed E-state index contributed by atoms with van der Waals surface area (Å²) in [6.07, 6.45) is 2.01. The van der Waals surface area contributed by atoms with Gasteiger partial charge in [-0.3, -0.25) is 13.9 Å². The summed E-state index contributed by atoms with van der Waals surface area (Å²) >= 11 is 6.45. The van der Waals surface area contributed by atoms with Gasteiger partial charge in [0.2, 0.25) is 11.8 Å². The number of para-hydroxylation sites is 2. The molecule has 42 heavy (non-hydrogen) atoms. The largest absolute Gasteiger partial charge is 0.497 e. The normalized spacial score (nSPS) is 11.8. The lowest BCUT2D eigenvalue weighted by atomic mass is 10.1. The number of rotatable bonds is 15. The number of hydrogen-bond acceptors (Lipinski definition) is 6. The first kappa shape index (κ1) is 32.8. The van der Waals surface area contributed by atoms with Gasteiger partial charge in [-0.2, -0.15) is 0 Å². The summed E-state index contributed by atoms with van der Waals surface area (Å²) in [5.74, 6) is -0.132. The number of sulfonamides is 1. The Labute approximate surface area is 253 Å². The summed E-state index contributed by atoms with van der Waals surface area (Å²) in [5, 5.41) is 3.35. The fourth-order valence-corrected chi connectivity index (χ4v) is 6.08. The standard InChI is InChI=1S/C31H38ClN3O6S/c1-5-7-20-33-31(37)27(6-2)34(21-23-12-8-9-13-26(23)32)30(36)22-35(28-14-10-11-15-29(28)41-4)42(38,39)25-18-16-24(40-3)17-19-25/h8-19,27H,5-7,20-22H2,1-4H3,(H,33,37)/t27-/m1/s1. The maximum Gasteiger partial charge on any atom is 0.264 e. The molecule has 11 heteroatoms. The molecular weight excluding hydrogens is 578 g/mol. The zero-order chi connectivity index (χ0) is 30.7. The molecule has 0 aliphatic carbocycles. The van der Waals surface area contributed by atoms with E-state index in [1.54, 1.807) is 48.5 Å². The second-order valence-corrected chi connectivity index (χ2v) is 11.8. The molecule has 0 aliphatic heterocycles. The van der Waals surface area contributed by atoms with Crippen molar-refractivity contribution in [3.63, 3.8) is 0 Å². The second-order valence-electron chi connectivity index (χ2n) is 9.54. The Morgan fingerprint density at radius 1 is 0.929 bits per heavy atom. The number of nitrogens with one attached hydrogen (secondary N) is 1. The lowest BCUT2D eigenvalue weighted by Crippen LogP contribution is -2.52. The SMILES string of the molecule is CCCCNC(=O)[C@@H](CC)N(Cc1ccccc1Cl)C(=O)CN(c1ccccc1OC)S(=O)(=O)c1ccc(OC)cc1. The molecule has 0 unspecified atom stereocenters. The fourth-order valence-electron chi connectivity index (χ4n) is 4.46. The first-order valence-electron chi connectivity index (χ1n) is 13.8. The number of carbonyl (C=O) groups is 2. The van der Waals surface area contributed by atoms with Gasteiger partial charge in [0.1, 0.15) is 24.1 Å². The fraction of sp³-hybridized carbons (Fsp3) is 0.355. The van der Waals surface area contributed by atoms with Crippen LogP contribution in [-0.4, -0.2) is 58.5 Å². The van der Waals surface area contributed by atoms with Crippen LogP contribution in [0.15, 0.2) is 77.7 Å². The minimum absolute atomic E-state index is 0.0144. The molecule has 3 aromatic carbocycles. The van der Waals surface area contributed by atoms with Crippen LogP contribution in [0, 0.1) is 0 Å². The summed E-state index contributed by atoms with van der Waals surface area (Å²) in [6, 6.07) is 18.7. The van der Waals surface area contributed by atoms with Crippen molar-refractivity contribution in [1.82, 2.24) is 10.2 Å². The molecule has 3 rings (SSSR count). The molecule has 0 saturated carbocycles. The van der Waals surface area contributed by atoms with Gasteiger partial charge in [-0.25, -0.2) is 8.42 Å². The monoisotopic (exact) mass is 615 g/mol. The highest BCUT2D eigenvalue weighted by molar-refractivity contribution is 7.92. The highest BCUT2D eigenvalue weighted by atomic mass is 35.5. The van der Waals surface area contributed by atoms with Gasteiger partial charge in [0, 0.05) is 18.1 Å². The van der Waals surface area contributed by atoms with Crippen LogP contribution >= 0.6 is 11.6 Å². The van der Waals surface area contributed by atoms with Crippen LogP contribution in [0.5, 0.6) is 11.5 Å². The predicted molar refractivity (Wildman–Crippen MR) is 165 cm³/mol. The molecule has 9 nitrogen and oxygen atoms in total. The number of halogens is 1. The summed E-state index contributed by atoms with van der Waals surface area (Å²) in [6.45, 7) is 3.73. The van der Waals surface area contributed by atoms with E-state index in [9.17, 15) is 18.0 Å². The Morgan fingerprint density at radius 2 is 1.60 bits per heavy atom. The molecule has 0 aliphatic rings. The lowest BCUT2D eigenvalue weighted by Gasteiger charge is -2.33. The van der Waals surface area contributed by atoms with Crippen molar-refractivity contribution in [2.75, 3.05) is 31.6 Å². The number of carbonyl (C=O) groups excluding carboxylic acids is 2. The number of ether oxygens (including phenoxy) is 2. The third-order valence-corrected chi connectivity index (χ3v) is 8.94. The van der Waals surface area contributed by atoms with Crippen molar-refractivity contribution >= 4 is 39.1 Å². The molecule has 0 saturated heterocycles. The van der Waals surface area contributed by atoms with Crippen molar-refractivity contribution in [2.24, 2.45) is 0 Å². The van der Waals surface area contributed by atoms with Crippen molar-refractivity contribution in [1.29, 1.82) is 0 Å². The van der Waals surface area contributed by atoms with Crippen LogP contribution in [0.2, 0.25) is 5.02 Å². The van der Waals surface area contributed by atoms with Gasteiger partial charge in [0.25, 0.3) is 10.0 Å². The Morgan fingerprint density at radius 3 is 2.21 bits per heavy atom. The van der Waals surface area contributed by atoms with E-state index in [2.05, 4.69) is 5.32 Å². The zero-order valence-electron chi connectivity index (χ0n) is 24.4. The van der Waals surface area contributed by atoms with Gasteiger partial charge in [0.15, 0.2) is 0 Å².